The second kappa shape index (κ2) is 10.00. The number of aliphatic hydroxyl groups excluding tert-OH is 1. The van der Waals surface area contributed by atoms with Gasteiger partial charge in [0, 0.05) is 18.7 Å². The summed E-state index contributed by atoms with van der Waals surface area (Å²) in [6, 6.07) is 3.83. The van der Waals surface area contributed by atoms with E-state index in [-0.39, 0.29) is 44.9 Å². The number of methoxy groups -OCH3 is 1. The number of alkyl halides is 3. The van der Waals surface area contributed by atoms with Crippen LogP contribution in [0.2, 0.25) is 0 Å². The lowest BCUT2D eigenvalue weighted by molar-refractivity contribution is -0.141. The van der Waals surface area contributed by atoms with Crippen molar-refractivity contribution in [2.75, 3.05) is 40.0 Å². The number of halogens is 3. The van der Waals surface area contributed by atoms with Crippen molar-refractivity contribution in [3.8, 4) is 0 Å². The van der Waals surface area contributed by atoms with Crippen LogP contribution in [0.15, 0.2) is 24.3 Å². The topological polar surface area (TPSA) is 76.1 Å². The van der Waals surface area contributed by atoms with Crippen molar-refractivity contribution in [3.05, 3.63) is 35.4 Å². The third-order valence-corrected chi connectivity index (χ3v) is 3.30. The van der Waals surface area contributed by atoms with Crippen molar-refractivity contribution >= 4 is 11.9 Å². The fourth-order valence-corrected chi connectivity index (χ4v) is 1.97. The molecule has 1 aromatic rings. The minimum Gasteiger partial charge on any atom is -0.469 e. The van der Waals surface area contributed by atoms with E-state index >= 15 is 0 Å². The van der Waals surface area contributed by atoms with Gasteiger partial charge >= 0.3 is 12.1 Å². The molecule has 9 heteroatoms. The number of carbonyl (C=O) groups is 2. The predicted octanol–water partition coefficient (Wildman–Crippen LogP) is 1.72. The quantitative estimate of drug-likeness (QED) is 0.534. The Morgan fingerprint density at radius 2 is 1.76 bits per heavy atom. The van der Waals surface area contributed by atoms with Gasteiger partial charge in [-0.15, -0.1) is 0 Å². The van der Waals surface area contributed by atoms with E-state index in [2.05, 4.69) is 4.74 Å². The van der Waals surface area contributed by atoms with Crippen LogP contribution in [0.1, 0.15) is 22.3 Å². The largest absolute Gasteiger partial charge is 0.469 e. The first kappa shape index (κ1) is 20.9. The van der Waals surface area contributed by atoms with E-state index in [1.54, 1.807) is 0 Å². The van der Waals surface area contributed by atoms with E-state index in [4.69, 9.17) is 9.84 Å². The van der Waals surface area contributed by atoms with Crippen LogP contribution in [0.25, 0.3) is 0 Å². The van der Waals surface area contributed by atoms with Gasteiger partial charge in [0.15, 0.2) is 0 Å². The first-order valence-electron chi connectivity index (χ1n) is 7.51. The first-order valence-corrected chi connectivity index (χ1v) is 7.51. The summed E-state index contributed by atoms with van der Waals surface area (Å²) in [5, 5.41) is 8.66. The van der Waals surface area contributed by atoms with E-state index in [1.807, 2.05) is 0 Å². The van der Waals surface area contributed by atoms with Crippen LogP contribution in [-0.4, -0.2) is 61.9 Å². The molecule has 1 N–H and O–H groups in total. The Morgan fingerprint density at radius 1 is 1.12 bits per heavy atom. The third-order valence-electron chi connectivity index (χ3n) is 3.30. The molecule has 0 aliphatic carbocycles. The summed E-state index contributed by atoms with van der Waals surface area (Å²) in [5.74, 6) is -1.04. The second-order valence-corrected chi connectivity index (χ2v) is 5.03. The van der Waals surface area contributed by atoms with E-state index in [0.717, 1.165) is 24.3 Å². The molecule has 0 unspecified atom stereocenters. The van der Waals surface area contributed by atoms with Crippen molar-refractivity contribution in [2.45, 2.75) is 12.6 Å². The lowest BCUT2D eigenvalue weighted by Crippen LogP contribution is -2.36. The van der Waals surface area contributed by atoms with E-state index in [9.17, 15) is 22.8 Å². The molecule has 1 amide bonds. The monoisotopic (exact) mass is 363 g/mol. The Hall–Kier alpha value is -2.13. The van der Waals surface area contributed by atoms with Crippen LogP contribution in [0.3, 0.4) is 0 Å². The van der Waals surface area contributed by atoms with Gasteiger partial charge in [0.05, 0.1) is 38.9 Å². The van der Waals surface area contributed by atoms with Gasteiger partial charge in [-0.05, 0) is 24.3 Å². The average Bonchev–Trinajstić information content (AvgIpc) is 2.59. The van der Waals surface area contributed by atoms with Crippen molar-refractivity contribution < 1.29 is 37.3 Å². The number of amides is 1. The summed E-state index contributed by atoms with van der Waals surface area (Å²) in [6.45, 7) is 0.203. The van der Waals surface area contributed by atoms with Crippen LogP contribution in [0, 0.1) is 0 Å². The van der Waals surface area contributed by atoms with Crippen molar-refractivity contribution in [2.24, 2.45) is 0 Å². The highest BCUT2D eigenvalue weighted by Crippen LogP contribution is 2.29. The number of hydrogen-bond acceptors (Lipinski definition) is 5. The number of carbonyl (C=O) groups excluding carboxylic acids is 2. The maximum Gasteiger partial charge on any atom is 0.416 e. The summed E-state index contributed by atoms with van der Waals surface area (Å²) < 4.78 is 47.4. The molecule has 0 aromatic heterocycles. The highest BCUT2D eigenvalue weighted by atomic mass is 19.4. The lowest BCUT2D eigenvalue weighted by atomic mass is 10.1. The van der Waals surface area contributed by atoms with Crippen molar-refractivity contribution in [1.29, 1.82) is 0 Å². The molecule has 0 aliphatic heterocycles. The summed E-state index contributed by atoms with van der Waals surface area (Å²) >= 11 is 0. The number of aliphatic hydroxyl groups is 1. The lowest BCUT2D eigenvalue weighted by Gasteiger charge is -2.22. The average molecular weight is 363 g/mol. The molecular weight excluding hydrogens is 343 g/mol. The standard InChI is InChI=1S/C16H20F3NO5/c1-24-14(22)6-7-20(8-10-25-11-9-21)15(23)12-2-4-13(5-3-12)16(17,18)19/h2-5,21H,6-11H2,1H3. The van der Waals surface area contributed by atoms with Crippen LogP contribution in [0.5, 0.6) is 0 Å². The SMILES string of the molecule is COC(=O)CCN(CCOCCO)C(=O)c1ccc(C(F)(F)F)cc1. The molecule has 0 radical (unpaired) electrons. The summed E-state index contributed by atoms with van der Waals surface area (Å²) in [6.07, 6.45) is -4.53. The fourth-order valence-electron chi connectivity index (χ4n) is 1.97. The van der Waals surface area contributed by atoms with Crippen LogP contribution >= 0.6 is 0 Å². The van der Waals surface area contributed by atoms with Gasteiger partial charge in [-0.3, -0.25) is 9.59 Å². The molecular formula is C16H20F3NO5. The fraction of sp³-hybridized carbons (Fsp3) is 0.500. The van der Waals surface area contributed by atoms with Crippen LogP contribution in [-0.2, 0) is 20.4 Å². The zero-order valence-corrected chi connectivity index (χ0v) is 13.7. The van der Waals surface area contributed by atoms with Crippen LogP contribution < -0.4 is 0 Å². The molecule has 25 heavy (non-hydrogen) atoms. The zero-order chi connectivity index (χ0) is 18.9. The van der Waals surface area contributed by atoms with Gasteiger partial charge in [-0.1, -0.05) is 0 Å². The number of hydrogen-bond donors (Lipinski definition) is 1. The predicted molar refractivity (Wildman–Crippen MR) is 81.9 cm³/mol. The van der Waals surface area contributed by atoms with Crippen LogP contribution in [0.4, 0.5) is 13.2 Å². The van der Waals surface area contributed by atoms with Gasteiger partial charge < -0.3 is 19.5 Å². The number of nitrogens with zero attached hydrogens (tertiary/aromatic N) is 1. The van der Waals surface area contributed by atoms with E-state index in [1.165, 1.54) is 12.0 Å². The van der Waals surface area contributed by atoms with E-state index < -0.39 is 23.6 Å². The first-order chi connectivity index (χ1) is 11.8. The Balaban J connectivity index is 2.80. The molecule has 0 bridgehead atoms. The van der Waals surface area contributed by atoms with Crippen molar-refractivity contribution in [3.63, 3.8) is 0 Å². The Morgan fingerprint density at radius 3 is 2.28 bits per heavy atom. The molecule has 0 aliphatic rings. The molecule has 0 heterocycles. The molecule has 0 spiro atoms. The molecule has 1 aromatic carbocycles. The molecule has 1 rings (SSSR count). The van der Waals surface area contributed by atoms with Crippen molar-refractivity contribution in [1.82, 2.24) is 4.90 Å². The Labute approximate surface area is 143 Å². The normalized spacial score (nSPS) is 11.2. The van der Waals surface area contributed by atoms with Gasteiger partial charge in [-0.25, -0.2) is 0 Å². The summed E-state index contributed by atoms with van der Waals surface area (Å²) in [7, 11) is 1.22. The Kier molecular flexibility index (Phi) is 8.36. The number of rotatable bonds is 9. The van der Waals surface area contributed by atoms with E-state index in [0.29, 0.717) is 0 Å². The summed E-state index contributed by atoms with van der Waals surface area (Å²) in [4.78, 5) is 25.0. The molecule has 140 valence electrons. The van der Waals surface area contributed by atoms with Gasteiger partial charge in [0.2, 0.25) is 0 Å². The summed E-state index contributed by atoms with van der Waals surface area (Å²) in [5.41, 5.74) is -0.781. The maximum atomic E-state index is 12.6. The number of benzene rings is 1. The Bertz CT molecular complexity index is 560. The molecule has 0 fully saturated rings. The minimum atomic E-state index is -4.48. The third kappa shape index (κ3) is 7.10. The van der Waals surface area contributed by atoms with Gasteiger partial charge in [-0.2, -0.15) is 13.2 Å². The molecule has 0 atom stereocenters. The smallest absolute Gasteiger partial charge is 0.416 e. The highest BCUT2D eigenvalue weighted by Gasteiger charge is 2.30. The number of ether oxygens (including phenoxy) is 2. The minimum absolute atomic E-state index is 0.0367. The molecule has 0 saturated carbocycles. The second-order valence-electron chi connectivity index (χ2n) is 5.03. The maximum absolute atomic E-state index is 12.6. The van der Waals surface area contributed by atoms with Gasteiger partial charge in [0.1, 0.15) is 0 Å². The number of esters is 1. The molecule has 0 saturated heterocycles. The zero-order valence-electron chi connectivity index (χ0n) is 13.7. The molecule has 6 nitrogen and oxygen atoms in total. The highest BCUT2D eigenvalue weighted by molar-refractivity contribution is 5.94. The van der Waals surface area contributed by atoms with Gasteiger partial charge in [0.25, 0.3) is 5.91 Å².